The molecule has 0 bridgehead atoms. The molecule has 1 fully saturated rings. The molecule has 3 heterocycles. The first kappa shape index (κ1) is 9.81. The number of rotatable bonds is 2. The van der Waals surface area contributed by atoms with Gasteiger partial charge in [-0.1, -0.05) is 0 Å². The number of furan rings is 1. The molecule has 1 atom stereocenters. The highest BCUT2D eigenvalue weighted by atomic mass is 16.3. The van der Waals surface area contributed by atoms with Crippen molar-refractivity contribution in [3.8, 4) is 0 Å². The molecule has 4 nitrogen and oxygen atoms in total. The lowest BCUT2D eigenvalue weighted by Crippen LogP contribution is -2.34. The molecule has 1 N–H and O–H groups in total. The van der Waals surface area contributed by atoms with Crippen LogP contribution in [0.3, 0.4) is 0 Å². The van der Waals surface area contributed by atoms with Crippen molar-refractivity contribution < 1.29 is 4.42 Å². The Kier molecular flexibility index (Phi) is 2.38. The summed E-state index contributed by atoms with van der Waals surface area (Å²) in [7, 11) is 1.97. The first-order valence-corrected chi connectivity index (χ1v) is 5.65. The summed E-state index contributed by atoms with van der Waals surface area (Å²) >= 11 is 0. The Balaban J connectivity index is 1.98. The SMILES string of the molecule is CNN1CCCC1c1cnc2ccoc2c1. The van der Waals surface area contributed by atoms with Crippen molar-refractivity contribution >= 4 is 11.1 Å². The van der Waals surface area contributed by atoms with Crippen LogP contribution in [0, 0.1) is 0 Å². The maximum atomic E-state index is 5.39. The van der Waals surface area contributed by atoms with E-state index in [0.29, 0.717) is 6.04 Å². The second-order valence-corrected chi connectivity index (χ2v) is 4.15. The summed E-state index contributed by atoms with van der Waals surface area (Å²) < 4.78 is 5.39. The van der Waals surface area contributed by atoms with E-state index in [1.54, 1.807) is 6.26 Å². The molecule has 1 aliphatic rings. The topological polar surface area (TPSA) is 41.3 Å². The van der Waals surface area contributed by atoms with Gasteiger partial charge in [0.15, 0.2) is 5.58 Å². The van der Waals surface area contributed by atoms with Crippen LogP contribution in [-0.2, 0) is 0 Å². The van der Waals surface area contributed by atoms with Crippen molar-refractivity contribution in [2.24, 2.45) is 0 Å². The normalized spacial score (nSPS) is 21.9. The fraction of sp³-hybridized carbons (Fsp3) is 0.417. The van der Waals surface area contributed by atoms with E-state index in [2.05, 4.69) is 21.5 Å². The van der Waals surface area contributed by atoms with Gasteiger partial charge in [-0.15, -0.1) is 0 Å². The molecule has 0 radical (unpaired) electrons. The average molecular weight is 217 g/mol. The maximum absolute atomic E-state index is 5.39. The van der Waals surface area contributed by atoms with Gasteiger partial charge in [-0.05, 0) is 31.5 Å². The molecule has 0 aromatic carbocycles. The van der Waals surface area contributed by atoms with Gasteiger partial charge in [-0.25, -0.2) is 5.01 Å². The zero-order valence-electron chi connectivity index (χ0n) is 9.31. The van der Waals surface area contributed by atoms with Gasteiger partial charge in [-0.3, -0.25) is 10.4 Å². The molecular formula is C12H15N3O. The first-order chi connectivity index (χ1) is 7.88. The summed E-state index contributed by atoms with van der Waals surface area (Å²) in [6.45, 7) is 1.09. The molecule has 2 aromatic heterocycles. The number of pyridine rings is 1. The number of nitrogens with one attached hydrogen (secondary N) is 1. The highest BCUT2D eigenvalue weighted by Gasteiger charge is 2.25. The summed E-state index contributed by atoms with van der Waals surface area (Å²) in [5.41, 5.74) is 6.26. The molecule has 1 aliphatic heterocycles. The molecule has 2 aromatic rings. The standard InChI is InChI=1S/C12H15N3O/c1-13-15-5-2-3-11(15)9-7-12-10(14-8-9)4-6-16-12/h4,6-8,11,13H,2-3,5H2,1H3. The van der Waals surface area contributed by atoms with Crippen molar-refractivity contribution in [3.05, 3.63) is 30.2 Å². The monoisotopic (exact) mass is 217 g/mol. The van der Waals surface area contributed by atoms with E-state index in [0.717, 1.165) is 17.6 Å². The van der Waals surface area contributed by atoms with E-state index < -0.39 is 0 Å². The quantitative estimate of drug-likeness (QED) is 0.836. The van der Waals surface area contributed by atoms with Gasteiger partial charge in [0.1, 0.15) is 5.52 Å². The number of hydrogen-bond acceptors (Lipinski definition) is 4. The maximum Gasteiger partial charge on any atom is 0.152 e. The van der Waals surface area contributed by atoms with Gasteiger partial charge in [0.2, 0.25) is 0 Å². The van der Waals surface area contributed by atoms with Gasteiger partial charge in [0.25, 0.3) is 0 Å². The Hall–Kier alpha value is -1.39. The summed E-state index contributed by atoms with van der Waals surface area (Å²) in [5, 5.41) is 2.26. The van der Waals surface area contributed by atoms with E-state index in [-0.39, 0.29) is 0 Å². The molecule has 4 heteroatoms. The smallest absolute Gasteiger partial charge is 0.152 e. The van der Waals surface area contributed by atoms with Crippen molar-refractivity contribution in [1.82, 2.24) is 15.4 Å². The van der Waals surface area contributed by atoms with Gasteiger partial charge < -0.3 is 4.42 Å². The van der Waals surface area contributed by atoms with Crippen LogP contribution in [0.2, 0.25) is 0 Å². The lowest BCUT2D eigenvalue weighted by atomic mass is 10.1. The Morgan fingerprint density at radius 3 is 3.38 bits per heavy atom. The molecule has 16 heavy (non-hydrogen) atoms. The van der Waals surface area contributed by atoms with E-state index in [9.17, 15) is 0 Å². The predicted octanol–water partition coefficient (Wildman–Crippen LogP) is 2.10. The van der Waals surface area contributed by atoms with Crippen LogP contribution in [0.15, 0.2) is 29.0 Å². The Bertz CT molecular complexity index is 494. The number of hydrazine groups is 1. The van der Waals surface area contributed by atoms with Crippen LogP contribution in [0.25, 0.3) is 11.1 Å². The Morgan fingerprint density at radius 1 is 1.56 bits per heavy atom. The van der Waals surface area contributed by atoms with E-state index in [1.165, 1.54) is 18.4 Å². The number of fused-ring (bicyclic) bond motifs is 1. The summed E-state index contributed by atoms with van der Waals surface area (Å²) in [6, 6.07) is 4.42. The van der Waals surface area contributed by atoms with Gasteiger partial charge in [-0.2, -0.15) is 0 Å². The van der Waals surface area contributed by atoms with Crippen LogP contribution in [0.1, 0.15) is 24.4 Å². The van der Waals surface area contributed by atoms with Crippen LogP contribution < -0.4 is 5.43 Å². The Labute approximate surface area is 94.2 Å². The van der Waals surface area contributed by atoms with Crippen LogP contribution >= 0.6 is 0 Å². The lowest BCUT2D eigenvalue weighted by Gasteiger charge is -2.23. The molecule has 84 valence electrons. The fourth-order valence-corrected chi connectivity index (χ4v) is 2.42. The third-order valence-corrected chi connectivity index (χ3v) is 3.25. The van der Waals surface area contributed by atoms with E-state index in [1.807, 2.05) is 19.3 Å². The second-order valence-electron chi connectivity index (χ2n) is 4.15. The summed E-state index contributed by atoms with van der Waals surface area (Å²) in [6.07, 6.45) is 6.04. The molecule has 0 saturated carbocycles. The second kappa shape index (κ2) is 3.88. The van der Waals surface area contributed by atoms with Gasteiger partial charge in [0.05, 0.1) is 12.3 Å². The largest absolute Gasteiger partial charge is 0.463 e. The summed E-state index contributed by atoms with van der Waals surface area (Å²) in [4.78, 5) is 4.41. The van der Waals surface area contributed by atoms with Crippen LogP contribution in [0.5, 0.6) is 0 Å². The molecular weight excluding hydrogens is 202 g/mol. The van der Waals surface area contributed by atoms with Crippen molar-refractivity contribution in [2.75, 3.05) is 13.6 Å². The first-order valence-electron chi connectivity index (χ1n) is 5.65. The summed E-state index contributed by atoms with van der Waals surface area (Å²) in [5.74, 6) is 0. The molecule has 0 spiro atoms. The zero-order chi connectivity index (χ0) is 11.0. The number of nitrogens with zero attached hydrogens (tertiary/aromatic N) is 2. The molecule has 3 rings (SSSR count). The van der Waals surface area contributed by atoms with Crippen molar-refractivity contribution in [3.63, 3.8) is 0 Å². The minimum atomic E-state index is 0.423. The minimum Gasteiger partial charge on any atom is -0.463 e. The molecule has 0 amide bonds. The van der Waals surface area contributed by atoms with Gasteiger partial charge >= 0.3 is 0 Å². The van der Waals surface area contributed by atoms with Crippen molar-refractivity contribution in [2.45, 2.75) is 18.9 Å². The average Bonchev–Trinajstić information content (AvgIpc) is 2.96. The lowest BCUT2D eigenvalue weighted by molar-refractivity contribution is 0.190. The zero-order valence-corrected chi connectivity index (χ0v) is 9.31. The molecule has 1 unspecified atom stereocenters. The molecule has 1 saturated heterocycles. The van der Waals surface area contributed by atoms with Gasteiger partial charge in [0, 0.05) is 18.8 Å². The van der Waals surface area contributed by atoms with E-state index in [4.69, 9.17) is 4.42 Å². The Morgan fingerprint density at radius 2 is 2.50 bits per heavy atom. The number of aromatic nitrogens is 1. The predicted molar refractivity (Wildman–Crippen MR) is 61.7 cm³/mol. The van der Waals surface area contributed by atoms with Crippen LogP contribution in [-0.4, -0.2) is 23.6 Å². The van der Waals surface area contributed by atoms with Crippen molar-refractivity contribution in [1.29, 1.82) is 0 Å². The minimum absolute atomic E-state index is 0.423. The number of hydrogen-bond donors (Lipinski definition) is 1. The third-order valence-electron chi connectivity index (χ3n) is 3.25. The van der Waals surface area contributed by atoms with E-state index >= 15 is 0 Å². The highest BCUT2D eigenvalue weighted by Crippen LogP contribution is 2.31. The van der Waals surface area contributed by atoms with Crippen LogP contribution in [0.4, 0.5) is 0 Å². The fourth-order valence-electron chi connectivity index (χ4n) is 2.42. The molecule has 0 aliphatic carbocycles. The third kappa shape index (κ3) is 1.50. The highest BCUT2D eigenvalue weighted by molar-refractivity contribution is 5.72.